The van der Waals surface area contributed by atoms with Gasteiger partial charge in [0, 0.05) is 19.4 Å². The quantitative estimate of drug-likeness (QED) is 0.851. The molecule has 0 radical (unpaired) electrons. The van der Waals surface area contributed by atoms with E-state index in [1.807, 2.05) is 13.8 Å². The van der Waals surface area contributed by atoms with Crippen LogP contribution in [0, 0.1) is 5.41 Å². The van der Waals surface area contributed by atoms with Crippen LogP contribution < -0.4 is 0 Å². The molecule has 2 saturated carbocycles. The maximum atomic E-state index is 11.6. The first kappa shape index (κ1) is 15.0. The molecule has 0 aromatic rings. The number of hydrogen-bond donors (Lipinski definition) is 1. The smallest absolute Gasteiger partial charge is 0.133 e. The van der Waals surface area contributed by atoms with E-state index in [4.69, 9.17) is 4.74 Å². The summed E-state index contributed by atoms with van der Waals surface area (Å²) < 4.78 is 5.87. The SMILES string of the molecule is CC(C)(O)CCOC1CCC2(CCCC(=O)C2)CC1. The number of carbonyl (C=O) groups excluding carboxylic acids is 1. The summed E-state index contributed by atoms with van der Waals surface area (Å²) in [6.07, 6.45) is 9.41. The van der Waals surface area contributed by atoms with Gasteiger partial charge in [-0.25, -0.2) is 0 Å². The van der Waals surface area contributed by atoms with Crippen LogP contribution in [0.2, 0.25) is 0 Å². The first-order valence-electron chi connectivity index (χ1n) is 7.74. The van der Waals surface area contributed by atoms with Crippen molar-refractivity contribution in [2.75, 3.05) is 6.61 Å². The second-order valence-corrected chi connectivity index (χ2v) is 7.20. The molecule has 0 atom stereocenters. The van der Waals surface area contributed by atoms with Gasteiger partial charge in [0.05, 0.1) is 11.7 Å². The van der Waals surface area contributed by atoms with Crippen molar-refractivity contribution >= 4 is 5.78 Å². The lowest BCUT2D eigenvalue weighted by atomic mass is 9.64. The van der Waals surface area contributed by atoms with Gasteiger partial charge < -0.3 is 9.84 Å². The molecule has 19 heavy (non-hydrogen) atoms. The number of carbonyl (C=O) groups is 1. The van der Waals surface area contributed by atoms with E-state index in [2.05, 4.69) is 0 Å². The molecule has 1 spiro atoms. The minimum Gasteiger partial charge on any atom is -0.390 e. The molecular weight excluding hydrogens is 240 g/mol. The van der Waals surface area contributed by atoms with Gasteiger partial charge in [-0.15, -0.1) is 0 Å². The first-order chi connectivity index (χ1) is 8.89. The predicted octanol–water partition coefficient (Wildman–Crippen LogP) is 3.24. The van der Waals surface area contributed by atoms with Crippen LogP contribution in [0.3, 0.4) is 0 Å². The van der Waals surface area contributed by atoms with Gasteiger partial charge in [-0.1, -0.05) is 0 Å². The van der Waals surface area contributed by atoms with Crippen LogP contribution in [-0.2, 0) is 9.53 Å². The Labute approximate surface area is 116 Å². The Morgan fingerprint density at radius 1 is 1.32 bits per heavy atom. The fraction of sp³-hybridized carbons (Fsp3) is 0.938. The van der Waals surface area contributed by atoms with Crippen LogP contribution in [0.1, 0.15) is 71.6 Å². The molecule has 2 aliphatic rings. The fourth-order valence-corrected chi connectivity index (χ4v) is 3.53. The van der Waals surface area contributed by atoms with Gasteiger partial charge in [-0.3, -0.25) is 4.79 Å². The maximum Gasteiger partial charge on any atom is 0.133 e. The van der Waals surface area contributed by atoms with Crippen molar-refractivity contribution in [1.82, 2.24) is 0 Å². The molecule has 2 rings (SSSR count). The second-order valence-electron chi connectivity index (χ2n) is 7.20. The normalized spacial score (nSPS) is 32.8. The lowest BCUT2D eigenvalue weighted by molar-refractivity contribution is -0.125. The van der Waals surface area contributed by atoms with Crippen LogP contribution >= 0.6 is 0 Å². The molecule has 3 nitrogen and oxygen atoms in total. The number of rotatable bonds is 4. The standard InChI is InChI=1S/C16H28O3/c1-15(2,18)10-11-19-14-5-8-16(9-6-14)7-3-4-13(17)12-16/h14,18H,3-12H2,1-2H3. The van der Waals surface area contributed by atoms with Crippen molar-refractivity contribution in [3.63, 3.8) is 0 Å². The van der Waals surface area contributed by atoms with Gasteiger partial charge >= 0.3 is 0 Å². The highest BCUT2D eigenvalue weighted by molar-refractivity contribution is 5.79. The summed E-state index contributed by atoms with van der Waals surface area (Å²) in [6.45, 7) is 4.28. The molecule has 0 aromatic carbocycles. The summed E-state index contributed by atoms with van der Waals surface area (Å²) in [7, 11) is 0. The van der Waals surface area contributed by atoms with Crippen LogP contribution in [0.4, 0.5) is 0 Å². The van der Waals surface area contributed by atoms with Gasteiger partial charge in [-0.2, -0.15) is 0 Å². The van der Waals surface area contributed by atoms with Crippen molar-refractivity contribution in [2.24, 2.45) is 5.41 Å². The molecule has 0 unspecified atom stereocenters. The van der Waals surface area contributed by atoms with Crippen molar-refractivity contribution in [1.29, 1.82) is 0 Å². The van der Waals surface area contributed by atoms with Crippen molar-refractivity contribution < 1.29 is 14.6 Å². The van der Waals surface area contributed by atoms with Crippen LogP contribution in [0.15, 0.2) is 0 Å². The Bertz CT molecular complexity index is 308. The molecule has 0 saturated heterocycles. The van der Waals surface area contributed by atoms with E-state index >= 15 is 0 Å². The lowest BCUT2D eigenvalue weighted by Gasteiger charge is -2.42. The highest BCUT2D eigenvalue weighted by atomic mass is 16.5. The Hall–Kier alpha value is -0.410. The number of ether oxygens (including phenoxy) is 1. The van der Waals surface area contributed by atoms with Crippen LogP contribution in [-0.4, -0.2) is 29.2 Å². The molecular formula is C16H28O3. The Balaban J connectivity index is 1.72. The van der Waals surface area contributed by atoms with Crippen LogP contribution in [0.25, 0.3) is 0 Å². The average Bonchev–Trinajstić information content (AvgIpc) is 2.30. The summed E-state index contributed by atoms with van der Waals surface area (Å²) in [5.41, 5.74) is -0.322. The number of Topliss-reactive ketones (excluding diaryl/α,β-unsaturated/α-hetero) is 1. The zero-order valence-corrected chi connectivity index (χ0v) is 12.4. The Kier molecular flexibility index (Phi) is 4.67. The minimum absolute atomic E-state index is 0.311. The summed E-state index contributed by atoms with van der Waals surface area (Å²) in [5.74, 6) is 0.465. The zero-order chi connectivity index (χ0) is 13.9. The Morgan fingerprint density at radius 2 is 2.00 bits per heavy atom. The van der Waals surface area contributed by atoms with Crippen molar-refractivity contribution in [3.05, 3.63) is 0 Å². The average molecular weight is 268 g/mol. The molecule has 2 aliphatic carbocycles. The number of aliphatic hydroxyl groups is 1. The molecule has 0 aliphatic heterocycles. The highest BCUT2D eigenvalue weighted by Gasteiger charge is 2.39. The van der Waals surface area contributed by atoms with Gasteiger partial charge in [0.15, 0.2) is 0 Å². The third kappa shape index (κ3) is 4.57. The second kappa shape index (κ2) is 5.92. The van der Waals surface area contributed by atoms with Gasteiger partial charge in [0.1, 0.15) is 5.78 Å². The van der Waals surface area contributed by atoms with Gasteiger partial charge in [-0.05, 0) is 64.2 Å². The third-order valence-corrected chi connectivity index (χ3v) is 4.80. The predicted molar refractivity (Wildman–Crippen MR) is 75.0 cm³/mol. The molecule has 0 aromatic heterocycles. The fourth-order valence-electron chi connectivity index (χ4n) is 3.53. The molecule has 0 amide bonds. The largest absolute Gasteiger partial charge is 0.390 e. The van der Waals surface area contributed by atoms with Crippen molar-refractivity contribution in [3.8, 4) is 0 Å². The lowest BCUT2D eigenvalue weighted by Crippen LogP contribution is -2.36. The molecule has 0 heterocycles. The number of hydrogen-bond acceptors (Lipinski definition) is 3. The van der Waals surface area contributed by atoms with Gasteiger partial charge in [0.2, 0.25) is 0 Å². The summed E-state index contributed by atoms with van der Waals surface area (Å²) >= 11 is 0. The third-order valence-electron chi connectivity index (χ3n) is 4.80. The maximum absolute atomic E-state index is 11.6. The van der Waals surface area contributed by atoms with E-state index in [1.54, 1.807) is 0 Å². The first-order valence-corrected chi connectivity index (χ1v) is 7.74. The molecule has 2 fully saturated rings. The minimum atomic E-state index is -0.633. The van der Waals surface area contributed by atoms with Crippen LogP contribution in [0.5, 0.6) is 0 Å². The molecule has 3 heteroatoms. The van der Waals surface area contributed by atoms with Crippen molar-refractivity contribution in [2.45, 2.75) is 83.3 Å². The monoisotopic (exact) mass is 268 g/mol. The molecule has 110 valence electrons. The summed E-state index contributed by atoms with van der Waals surface area (Å²) in [6, 6.07) is 0. The summed E-state index contributed by atoms with van der Waals surface area (Å²) in [4.78, 5) is 11.6. The van der Waals surface area contributed by atoms with E-state index in [1.165, 1.54) is 6.42 Å². The van der Waals surface area contributed by atoms with E-state index < -0.39 is 5.60 Å². The topological polar surface area (TPSA) is 46.5 Å². The van der Waals surface area contributed by atoms with Gasteiger partial charge in [0.25, 0.3) is 0 Å². The highest BCUT2D eigenvalue weighted by Crippen LogP contribution is 2.46. The zero-order valence-electron chi connectivity index (χ0n) is 12.4. The molecule has 0 bridgehead atoms. The molecule has 1 N–H and O–H groups in total. The Morgan fingerprint density at radius 3 is 2.58 bits per heavy atom. The number of ketones is 1. The van der Waals surface area contributed by atoms with E-state index in [9.17, 15) is 9.90 Å². The van der Waals surface area contributed by atoms with E-state index in [0.29, 0.717) is 30.3 Å². The van der Waals surface area contributed by atoms with E-state index in [-0.39, 0.29) is 0 Å². The summed E-state index contributed by atoms with van der Waals surface area (Å²) in [5, 5.41) is 9.66. The van der Waals surface area contributed by atoms with E-state index in [0.717, 1.165) is 44.9 Å².